The van der Waals surface area contributed by atoms with Crippen LogP contribution in [0.1, 0.15) is 23.7 Å². The topological polar surface area (TPSA) is 25.6 Å². The Labute approximate surface area is 112 Å². The summed E-state index contributed by atoms with van der Waals surface area (Å²) < 4.78 is 12.1. The number of fused-ring (bicyclic) bond motifs is 3. The van der Waals surface area contributed by atoms with Gasteiger partial charge in [-0.2, -0.15) is 0 Å². The van der Waals surface area contributed by atoms with Crippen molar-refractivity contribution in [3.05, 3.63) is 54.0 Å². The van der Waals surface area contributed by atoms with Crippen LogP contribution in [0.25, 0.3) is 0 Å². The van der Waals surface area contributed by atoms with Crippen LogP contribution in [-0.4, -0.2) is 25.0 Å². The minimum atomic E-state index is -0.306. The zero-order valence-corrected chi connectivity index (χ0v) is 11.0. The highest BCUT2D eigenvalue weighted by Gasteiger charge is 2.53. The van der Waals surface area contributed by atoms with E-state index < -0.39 is 0 Å². The normalized spacial score (nSPS) is 29.6. The smallest absolute Gasteiger partial charge is 0.175 e. The Kier molecular flexibility index (Phi) is 2.27. The standard InChI is InChI=1S/C16H17NO2/c1-17-9-8-16(15-7-4-10-18-15)13(11-17)12-5-2-3-6-14(12)19-16/h2-7,10,13H,8-9,11H2,1H3. The molecule has 1 fully saturated rings. The number of likely N-dealkylation sites (tertiary alicyclic amines) is 1. The Balaban J connectivity index is 1.86. The molecule has 0 bridgehead atoms. The van der Waals surface area contributed by atoms with Gasteiger partial charge in [-0.05, 0) is 25.2 Å². The van der Waals surface area contributed by atoms with Crippen molar-refractivity contribution in [2.75, 3.05) is 20.1 Å². The summed E-state index contributed by atoms with van der Waals surface area (Å²) in [5, 5.41) is 0. The number of rotatable bonds is 1. The Hall–Kier alpha value is -1.74. The number of hydrogen-bond donors (Lipinski definition) is 0. The van der Waals surface area contributed by atoms with E-state index in [-0.39, 0.29) is 5.60 Å². The van der Waals surface area contributed by atoms with Gasteiger partial charge >= 0.3 is 0 Å². The van der Waals surface area contributed by atoms with E-state index in [1.807, 2.05) is 18.2 Å². The molecule has 2 aliphatic heterocycles. The van der Waals surface area contributed by atoms with E-state index >= 15 is 0 Å². The highest BCUT2D eigenvalue weighted by Crippen LogP contribution is 2.54. The molecule has 2 aliphatic rings. The van der Waals surface area contributed by atoms with Gasteiger partial charge in [0.05, 0.1) is 6.26 Å². The van der Waals surface area contributed by atoms with Crippen LogP contribution in [0.5, 0.6) is 5.75 Å². The molecule has 0 aliphatic carbocycles. The Morgan fingerprint density at radius 1 is 1.21 bits per heavy atom. The van der Waals surface area contributed by atoms with Crippen molar-refractivity contribution >= 4 is 0 Å². The lowest BCUT2D eigenvalue weighted by Gasteiger charge is -2.40. The van der Waals surface area contributed by atoms with Crippen LogP contribution in [0.3, 0.4) is 0 Å². The molecule has 0 spiro atoms. The van der Waals surface area contributed by atoms with Crippen LogP contribution in [0.2, 0.25) is 0 Å². The molecule has 0 N–H and O–H groups in total. The van der Waals surface area contributed by atoms with Gasteiger partial charge in [0, 0.05) is 31.0 Å². The zero-order valence-electron chi connectivity index (χ0n) is 11.0. The lowest BCUT2D eigenvalue weighted by atomic mass is 9.77. The number of likely N-dealkylation sites (N-methyl/N-ethyl adjacent to an activating group) is 1. The van der Waals surface area contributed by atoms with E-state index in [9.17, 15) is 0 Å². The third-order valence-corrected chi connectivity index (χ3v) is 4.45. The summed E-state index contributed by atoms with van der Waals surface area (Å²) in [7, 11) is 2.17. The average Bonchev–Trinajstić information content (AvgIpc) is 3.04. The molecule has 1 aromatic carbocycles. The van der Waals surface area contributed by atoms with Crippen molar-refractivity contribution < 1.29 is 9.15 Å². The lowest BCUT2D eigenvalue weighted by Crippen LogP contribution is -2.47. The highest BCUT2D eigenvalue weighted by atomic mass is 16.5. The predicted molar refractivity (Wildman–Crippen MR) is 72.3 cm³/mol. The summed E-state index contributed by atoms with van der Waals surface area (Å²) in [4.78, 5) is 2.37. The van der Waals surface area contributed by atoms with Crippen LogP contribution in [0, 0.1) is 0 Å². The van der Waals surface area contributed by atoms with E-state index in [0.29, 0.717) is 5.92 Å². The van der Waals surface area contributed by atoms with Gasteiger partial charge < -0.3 is 14.1 Å². The summed E-state index contributed by atoms with van der Waals surface area (Å²) in [6.07, 6.45) is 2.71. The first-order valence-corrected chi connectivity index (χ1v) is 6.80. The van der Waals surface area contributed by atoms with Crippen molar-refractivity contribution in [1.29, 1.82) is 0 Å². The fraction of sp³-hybridized carbons (Fsp3) is 0.375. The number of para-hydroxylation sites is 1. The van der Waals surface area contributed by atoms with E-state index in [0.717, 1.165) is 31.0 Å². The molecule has 0 amide bonds. The summed E-state index contributed by atoms with van der Waals surface area (Å²) in [5.74, 6) is 2.33. The second kappa shape index (κ2) is 3.87. The summed E-state index contributed by atoms with van der Waals surface area (Å²) >= 11 is 0. The van der Waals surface area contributed by atoms with Gasteiger partial charge in [0.1, 0.15) is 11.5 Å². The quantitative estimate of drug-likeness (QED) is 0.783. The maximum Gasteiger partial charge on any atom is 0.175 e. The van der Waals surface area contributed by atoms with Gasteiger partial charge in [0.15, 0.2) is 5.60 Å². The van der Waals surface area contributed by atoms with Crippen LogP contribution in [0.15, 0.2) is 47.1 Å². The molecule has 0 saturated carbocycles. The van der Waals surface area contributed by atoms with Crippen LogP contribution in [0.4, 0.5) is 0 Å². The molecule has 2 unspecified atom stereocenters. The predicted octanol–water partition coefficient (Wildman–Crippen LogP) is 2.99. The van der Waals surface area contributed by atoms with E-state index in [1.54, 1.807) is 6.26 Å². The highest BCUT2D eigenvalue weighted by molar-refractivity contribution is 5.45. The second-order valence-electron chi connectivity index (χ2n) is 5.57. The maximum absolute atomic E-state index is 6.37. The number of nitrogens with zero attached hydrogens (tertiary/aromatic N) is 1. The molecule has 2 aromatic rings. The zero-order chi connectivity index (χ0) is 12.9. The van der Waals surface area contributed by atoms with Crippen molar-refractivity contribution in [3.63, 3.8) is 0 Å². The molecule has 2 atom stereocenters. The van der Waals surface area contributed by atoms with Gasteiger partial charge in [-0.15, -0.1) is 0 Å². The second-order valence-corrected chi connectivity index (χ2v) is 5.57. The van der Waals surface area contributed by atoms with Crippen molar-refractivity contribution in [3.8, 4) is 5.75 Å². The first-order valence-electron chi connectivity index (χ1n) is 6.80. The van der Waals surface area contributed by atoms with E-state index in [2.05, 4.69) is 30.1 Å². The van der Waals surface area contributed by atoms with E-state index in [1.165, 1.54) is 5.56 Å². The van der Waals surface area contributed by atoms with Gasteiger partial charge in [0.2, 0.25) is 0 Å². The minimum Gasteiger partial charge on any atom is -0.478 e. The molecular weight excluding hydrogens is 238 g/mol. The van der Waals surface area contributed by atoms with E-state index in [4.69, 9.17) is 9.15 Å². The fourth-order valence-electron chi connectivity index (χ4n) is 3.48. The Morgan fingerprint density at radius 2 is 2.11 bits per heavy atom. The Bertz CT molecular complexity index is 593. The first kappa shape index (κ1) is 11.1. The van der Waals surface area contributed by atoms with Gasteiger partial charge in [-0.3, -0.25) is 0 Å². The molecule has 3 heterocycles. The summed E-state index contributed by atoms with van der Waals surface area (Å²) in [6, 6.07) is 12.4. The number of hydrogen-bond acceptors (Lipinski definition) is 3. The van der Waals surface area contributed by atoms with Crippen molar-refractivity contribution in [1.82, 2.24) is 4.90 Å². The largest absolute Gasteiger partial charge is 0.478 e. The molecular formula is C16H17NO2. The van der Waals surface area contributed by atoms with Gasteiger partial charge in [-0.1, -0.05) is 18.2 Å². The first-order chi connectivity index (χ1) is 9.29. The molecule has 19 heavy (non-hydrogen) atoms. The van der Waals surface area contributed by atoms with Crippen LogP contribution in [-0.2, 0) is 5.60 Å². The Morgan fingerprint density at radius 3 is 2.95 bits per heavy atom. The van der Waals surface area contributed by atoms with Crippen molar-refractivity contribution in [2.24, 2.45) is 0 Å². The monoisotopic (exact) mass is 255 g/mol. The van der Waals surface area contributed by atoms with Crippen LogP contribution >= 0.6 is 0 Å². The van der Waals surface area contributed by atoms with Gasteiger partial charge in [-0.25, -0.2) is 0 Å². The molecule has 0 radical (unpaired) electrons. The molecule has 3 nitrogen and oxygen atoms in total. The number of piperidine rings is 1. The average molecular weight is 255 g/mol. The fourth-order valence-corrected chi connectivity index (χ4v) is 3.48. The number of ether oxygens (including phenoxy) is 1. The SMILES string of the molecule is CN1CCC2(c3ccco3)Oc3ccccc3C2C1. The number of benzene rings is 1. The summed E-state index contributed by atoms with van der Waals surface area (Å²) in [6.45, 7) is 2.04. The molecule has 3 heteroatoms. The molecule has 1 aromatic heterocycles. The van der Waals surface area contributed by atoms with Crippen LogP contribution < -0.4 is 4.74 Å². The third kappa shape index (κ3) is 1.48. The molecule has 98 valence electrons. The lowest BCUT2D eigenvalue weighted by molar-refractivity contribution is -0.0106. The maximum atomic E-state index is 6.37. The molecule has 4 rings (SSSR count). The molecule has 1 saturated heterocycles. The summed E-state index contributed by atoms with van der Waals surface area (Å²) in [5.41, 5.74) is 1.00. The van der Waals surface area contributed by atoms with Crippen molar-refractivity contribution in [2.45, 2.75) is 17.9 Å². The number of furan rings is 1. The van der Waals surface area contributed by atoms with Gasteiger partial charge in [0.25, 0.3) is 0 Å². The minimum absolute atomic E-state index is 0.306. The third-order valence-electron chi connectivity index (χ3n) is 4.45.